The zero-order valence-corrected chi connectivity index (χ0v) is 11.7. The van der Waals surface area contributed by atoms with Crippen LogP contribution in [0.1, 0.15) is 22.6 Å². The van der Waals surface area contributed by atoms with Gasteiger partial charge in [0.2, 0.25) is 0 Å². The third kappa shape index (κ3) is 3.08. The van der Waals surface area contributed by atoms with E-state index < -0.39 is 0 Å². The van der Waals surface area contributed by atoms with Crippen molar-refractivity contribution in [2.45, 2.75) is 26.4 Å². The maximum absolute atomic E-state index is 5.17. The number of benzene rings is 1. The molecule has 0 amide bonds. The Bertz CT molecular complexity index is 553. The minimum Gasteiger partial charge on any atom is -0.384 e. The number of para-hydroxylation sites is 1. The highest BCUT2D eigenvalue weighted by atomic mass is 35.5. The van der Waals surface area contributed by atoms with Crippen molar-refractivity contribution in [3.05, 3.63) is 46.8 Å². The van der Waals surface area contributed by atoms with E-state index in [1.807, 2.05) is 13.0 Å². The topological polar surface area (TPSA) is 50.1 Å². The summed E-state index contributed by atoms with van der Waals surface area (Å²) in [5, 5.41) is 10.7. The van der Waals surface area contributed by atoms with E-state index in [1.54, 1.807) is 0 Å². The molecule has 0 bridgehead atoms. The van der Waals surface area contributed by atoms with Gasteiger partial charge in [-0.2, -0.15) is 0 Å². The monoisotopic (exact) mass is 279 g/mol. The SMILES string of the molecule is Cc1cc(CNCc2cccc3c2NCC3)on1.Cl. The van der Waals surface area contributed by atoms with Crippen LogP contribution in [-0.2, 0) is 19.5 Å². The van der Waals surface area contributed by atoms with Crippen LogP contribution in [0.25, 0.3) is 0 Å². The number of hydrogen-bond acceptors (Lipinski definition) is 4. The van der Waals surface area contributed by atoms with Gasteiger partial charge in [-0.1, -0.05) is 23.4 Å². The van der Waals surface area contributed by atoms with Crippen LogP contribution in [0, 0.1) is 6.92 Å². The van der Waals surface area contributed by atoms with Gasteiger partial charge in [0.1, 0.15) is 0 Å². The quantitative estimate of drug-likeness (QED) is 0.903. The van der Waals surface area contributed by atoms with E-state index in [4.69, 9.17) is 4.52 Å². The van der Waals surface area contributed by atoms with E-state index in [0.717, 1.165) is 31.0 Å². The van der Waals surface area contributed by atoms with Gasteiger partial charge in [-0.3, -0.25) is 0 Å². The van der Waals surface area contributed by atoms with Crippen molar-refractivity contribution in [2.24, 2.45) is 0 Å². The van der Waals surface area contributed by atoms with Gasteiger partial charge >= 0.3 is 0 Å². The predicted molar refractivity (Wildman–Crippen MR) is 77.7 cm³/mol. The molecule has 1 aliphatic heterocycles. The Kier molecular flexibility index (Phi) is 4.45. The fourth-order valence-electron chi connectivity index (χ4n) is 2.38. The third-order valence-corrected chi connectivity index (χ3v) is 3.22. The van der Waals surface area contributed by atoms with Gasteiger partial charge in [-0.15, -0.1) is 12.4 Å². The average Bonchev–Trinajstić information content (AvgIpc) is 2.98. The Labute approximate surface area is 119 Å². The molecule has 0 aliphatic carbocycles. The molecule has 1 aromatic carbocycles. The fourth-order valence-corrected chi connectivity index (χ4v) is 2.38. The number of aromatic nitrogens is 1. The number of hydrogen-bond donors (Lipinski definition) is 2. The number of rotatable bonds is 4. The molecule has 0 saturated carbocycles. The van der Waals surface area contributed by atoms with Crippen molar-refractivity contribution in [1.29, 1.82) is 0 Å². The first-order valence-electron chi connectivity index (χ1n) is 6.30. The molecule has 2 N–H and O–H groups in total. The van der Waals surface area contributed by atoms with Gasteiger partial charge in [0.25, 0.3) is 0 Å². The normalized spacial score (nSPS) is 12.7. The van der Waals surface area contributed by atoms with Crippen LogP contribution in [0.4, 0.5) is 5.69 Å². The lowest BCUT2D eigenvalue weighted by Gasteiger charge is -2.09. The molecular formula is C14H18ClN3O. The number of fused-ring (bicyclic) bond motifs is 1. The maximum Gasteiger partial charge on any atom is 0.150 e. The van der Waals surface area contributed by atoms with E-state index in [0.29, 0.717) is 6.54 Å². The summed E-state index contributed by atoms with van der Waals surface area (Å²) in [6.07, 6.45) is 1.13. The van der Waals surface area contributed by atoms with Gasteiger partial charge < -0.3 is 15.2 Å². The molecule has 4 nitrogen and oxygen atoms in total. The first-order chi connectivity index (χ1) is 8.83. The number of nitrogens with zero attached hydrogens (tertiary/aromatic N) is 1. The second-order valence-corrected chi connectivity index (χ2v) is 4.67. The second kappa shape index (κ2) is 6.08. The Morgan fingerprint density at radius 1 is 1.37 bits per heavy atom. The van der Waals surface area contributed by atoms with Crippen LogP contribution >= 0.6 is 12.4 Å². The van der Waals surface area contributed by atoms with Gasteiger partial charge in [0.15, 0.2) is 5.76 Å². The van der Waals surface area contributed by atoms with Gasteiger partial charge in [0, 0.05) is 24.8 Å². The van der Waals surface area contributed by atoms with Gasteiger partial charge in [-0.25, -0.2) is 0 Å². The van der Waals surface area contributed by atoms with E-state index in [1.165, 1.54) is 16.8 Å². The Morgan fingerprint density at radius 2 is 2.26 bits per heavy atom. The lowest BCUT2D eigenvalue weighted by molar-refractivity contribution is 0.369. The molecule has 102 valence electrons. The zero-order chi connectivity index (χ0) is 12.4. The van der Waals surface area contributed by atoms with Crippen LogP contribution in [0.2, 0.25) is 0 Å². The minimum absolute atomic E-state index is 0. The van der Waals surface area contributed by atoms with Crippen LogP contribution in [0.3, 0.4) is 0 Å². The maximum atomic E-state index is 5.17. The molecule has 1 aliphatic rings. The lowest BCUT2D eigenvalue weighted by Crippen LogP contribution is -2.13. The van der Waals surface area contributed by atoms with Crippen LogP contribution in [0.15, 0.2) is 28.8 Å². The molecule has 0 spiro atoms. The molecule has 0 radical (unpaired) electrons. The first kappa shape index (κ1) is 13.9. The number of halogens is 1. The Morgan fingerprint density at radius 3 is 3.05 bits per heavy atom. The molecule has 5 heteroatoms. The molecule has 2 aromatic rings. The fraction of sp³-hybridized carbons (Fsp3) is 0.357. The summed E-state index contributed by atoms with van der Waals surface area (Å²) in [4.78, 5) is 0. The smallest absolute Gasteiger partial charge is 0.150 e. The van der Waals surface area contributed by atoms with Gasteiger partial charge in [-0.05, 0) is 24.5 Å². The van der Waals surface area contributed by atoms with Gasteiger partial charge in [0.05, 0.1) is 12.2 Å². The molecule has 1 aromatic heterocycles. The minimum atomic E-state index is 0. The highest BCUT2D eigenvalue weighted by Crippen LogP contribution is 2.26. The van der Waals surface area contributed by atoms with Crippen molar-refractivity contribution in [3.8, 4) is 0 Å². The van der Waals surface area contributed by atoms with E-state index in [-0.39, 0.29) is 12.4 Å². The van der Waals surface area contributed by atoms with Crippen molar-refractivity contribution >= 4 is 18.1 Å². The van der Waals surface area contributed by atoms with Crippen LogP contribution in [-0.4, -0.2) is 11.7 Å². The Balaban J connectivity index is 0.00000133. The Hall–Kier alpha value is -1.52. The molecule has 0 saturated heterocycles. The summed E-state index contributed by atoms with van der Waals surface area (Å²) < 4.78 is 5.17. The summed E-state index contributed by atoms with van der Waals surface area (Å²) in [7, 11) is 0. The van der Waals surface area contributed by atoms with Crippen molar-refractivity contribution in [1.82, 2.24) is 10.5 Å². The van der Waals surface area contributed by atoms with E-state index in [2.05, 4.69) is 34.0 Å². The lowest BCUT2D eigenvalue weighted by atomic mass is 10.1. The molecule has 2 heterocycles. The molecule has 0 atom stereocenters. The highest BCUT2D eigenvalue weighted by molar-refractivity contribution is 5.85. The second-order valence-electron chi connectivity index (χ2n) is 4.67. The number of anilines is 1. The summed E-state index contributed by atoms with van der Waals surface area (Å²) >= 11 is 0. The zero-order valence-electron chi connectivity index (χ0n) is 10.9. The molecule has 0 unspecified atom stereocenters. The number of nitrogens with one attached hydrogen (secondary N) is 2. The van der Waals surface area contributed by atoms with Crippen molar-refractivity contribution in [3.63, 3.8) is 0 Å². The summed E-state index contributed by atoms with van der Waals surface area (Å²) in [6.45, 7) is 4.54. The largest absolute Gasteiger partial charge is 0.384 e. The molecule has 19 heavy (non-hydrogen) atoms. The number of aryl methyl sites for hydroxylation is 1. The van der Waals surface area contributed by atoms with E-state index in [9.17, 15) is 0 Å². The van der Waals surface area contributed by atoms with Crippen LogP contribution in [0.5, 0.6) is 0 Å². The van der Waals surface area contributed by atoms with Crippen molar-refractivity contribution in [2.75, 3.05) is 11.9 Å². The first-order valence-corrected chi connectivity index (χ1v) is 6.30. The highest BCUT2D eigenvalue weighted by Gasteiger charge is 2.13. The summed E-state index contributed by atoms with van der Waals surface area (Å²) in [5.41, 5.74) is 4.97. The van der Waals surface area contributed by atoms with Crippen LogP contribution < -0.4 is 10.6 Å². The molecule has 3 rings (SSSR count). The summed E-state index contributed by atoms with van der Waals surface area (Å²) in [5.74, 6) is 0.882. The predicted octanol–water partition coefficient (Wildman–Crippen LogP) is 2.66. The van der Waals surface area contributed by atoms with Crippen molar-refractivity contribution < 1.29 is 4.52 Å². The average molecular weight is 280 g/mol. The summed E-state index contributed by atoms with van der Waals surface area (Å²) in [6, 6.07) is 8.44. The molecular weight excluding hydrogens is 262 g/mol. The molecule has 0 fully saturated rings. The van der Waals surface area contributed by atoms with E-state index >= 15 is 0 Å². The standard InChI is InChI=1S/C14H17N3O.ClH/c1-10-7-13(18-17-10)9-15-8-12-4-2-3-11-5-6-16-14(11)12;/h2-4,7,15-16H,5-6,8-9H2,1H3;1H. The third-order valence-electron chi connectivity index (χ3n) is 3.22.